The van der Waals surface area contributed by atoms with Crippen LogP contribution in [0.2, 0.25) is 0 Å². The number of carbonyl (C=O) groups excluding carboxylic acids is 1. The number of aryl methyl sites for hydroxylation is 1. The van der Waals surface area contributed by atoms with Gasteiger partial charge in [-0.15, -0.1) is 0 Å². The van der Waals surface area contributed by atoms with Crippen molar-refractivity contribution in [2.75, 3.05) is 0 Å². The first-order chi connectivity index (χ1) is 8.08. The SMILES string of the molecule is C=CC(=O)OC1(C)c2ccccc2CCC1C. The Morgan fingerprint density at radius 1 is 1.53 bits per heavy atom. The van der Waals surface area contributed by atoms with Crippen LogP contribution in [0.15, 0.2) is 36.9 Å². The standard InChI is InChI=1S/C15H18O2/c1-4-14(16)17-15(3)11(2)9-10-12-7-5-6-8-13(12)15/h4-8,11H,1,9-10H2,2-3H3. The Labute approximate surface area is 102 Å². The van der Waals surface area contributed by atoms with E-state index in [0.717, 1.165) is 18.4 Å². The molecule has 1 aliphatic rings. The fourth-order valence-electron chi connectivity index (χ4n) is 2.54. The lowest BCUT2D eigenvalue weighted by Gasteiger charge is -2.40. The van der Waals surface area contributed by atoms with Crippen molar-refractivity contribution in [3.63, 3.8) is 0 Å². The predicted octanol–water partition coefficient (Wildman–Crippen LogP) is 3.21. The van der Waals surface area contributed by atoms with Crippen molar-refractivity contribution in [2.45, 2.75) is 32.3 Å². The molecule has 1 aromatic carbocycles. The van der Waals surface area contributed by atoms with Gasteiger partial charge in [-0.05, 0) is 30.9 Å². The molecule has 0 radical (unpaired) electrons. The van der Waals surface area contributed by atoms with E-state index in [2.05, 4.69) is 25.6 Å². The van der Waals surface area contributed by atoms with Gasteiger partial charge in [-0.1, -0.05) is 37.8 Å². The highest BCUT2D eigenvalue weighted by atomic mass is 16.6. The van der Waals surface area contributed by atoms with Crippen molar-refractivity contribution in [2.24, 2.45) is 5.92 Å². The zero-order valence-corrected chi connectivity index (χ0v) is 10.4. The molecular formula is C15H18O2. The lowest BCUT2D eigenvalue weighted by Crippen LogP contribution is -2.39. The first-order valence-electron chi connectivity index (χ1n) is 6.01. The normalized spacial score (nSPS) is 27.1. The number of benzene rings is 1. The largest absolute Gasteiger partial charge is 0.451 e. The minimum absolute atomic E-state index is 0.321. The summed E-state index contributed by atoms with van der Waals surface area (Å²) < 4.78 is 5.61. The molecule has 0 aliphatic heterocycles. The summed E-state index contributed by atoms with van der Waals surface area (Å²) in [5, 5.41) is 0. The van der Waals surface area contributed by atoms with Crippen LogP contribution >= 0.6 is 0 Å². The Hall–Kier alpha value is -1.57. The van der Waals surface area contributed by atoms with E-state index in [4.69, 9.17) is 4.74 Å². The summed E-state index contributed by atoms with van der Waals surface area (Å²) in [5.74, 6) is -0.0302. The van der Waals surface area contributed by atoms with Crippen LogP contribution < -0.4 is 0 Å². The maximum absolute atomic E-state index is 11.5. The van der Waals surface area contributed by atoms with Crippen molar-refractivity contribution in [1.29, 1.82) is 0 Å². The Kier molecular flexibility index (Phi) is 3.05. The summed E-state index contributed by atoms with van der Waals surface area (Å²) in [6.07, 6.45) is 3.33. The molecule has 17 heavy (non-hydrogen) atoms. The smallest absolute Gasteiger partial charge is 0.331 e. The third-order valence-electron chi connectivity index (χ3n) is 3.82. The minimum atomic E-state index is -0.528. The fraction of sp³-hybridized carbons (Fsp3) is 0.400. The van der Waals surface area contributed by atoms with E-state index in [1.165, 1.54) is 11.6 Å². The molecule has 0 bridgehead atoms. The van der Waals surface area contributed by atoms with Gasteiger partial charge in [0.1, 0.15) is 5.60 Å². The Balaban J connectivity index is 2.44. The molecule has 1 aliphatic carbocycles. The summed E-state index contributed by atoms with van der Waals surface area (Å²) in [5.41, 5.74) is 1.89. The second-order valence-corrected chi connectivity index (χ2v) is 4.83. The molecule has 0 N–H and O–H groups in total. The maximum atomic E-state index is 11.5. The Morgan fingerprint density at radius 2 is 2.24 bits per heavy atom. The molecule has 2 unspecified atom stereocenters. The molecule has 0 amide bonds. The summed E-state index contributed by atoms with van der Waals surface area (Å²) >= 11 is 0. The molecule has 2 nitrogen and oxygen atoms in total. The molecule has 0 fully saturated rings. The molecule has 2 atom stereocenters. The molecular weight excluding hydrogens is 212 g/mol. The molecule has 0 spiro atoms. The fourth-order valence-corrected chi connectivity index (χ4v) is 2.54. The predicted molar refractivity (Wildman–Crippen MR) is 67.6 cm³/mol. The second-order valence-electron chi connectivity index (χ2n) is 4.83. The third-order valence-corrected chi connectivity index (χ3v) is 3.82. The first-order valence-corrected chi connectivity index (χ1v) is 6.01. The average molecular weight is 230 g/mol. The highest BCUT2D eigenvalue weighted by Crippen LogP contribution is 2.42. The number of carbonyl (C=O) groups is 1. The molecule has 90 valence electrons. The molecule has 0 saturated carbocycles. The molecule has 0 saturated heterocycles. The number of ether oxygens (including phenoxy) is 1. The summed E-state index contributed by atoms with van der Waals surface area (Å²) in [4.78, 5) is 11.5. The van der Waals surface area contributed by atoms with Gasteiger partial charge in [-0.3, -0.25) is 0 Å². The van der Waals surface area contributed by atoms with Crippen LogP contribution in [0.25, 0.3) is 0 Å². The number of hydrogen-bond acceptors (Lipinski definition) is 2. The van der Waals surface area contributed by atoms with Gasteiger partial charge in [0.2, 0.25) is 0 Å². The average Bonchev–Trinajstić information content (AvgIpc) is 2.34. The number of fused-ring (bicyclic) bond motifs is 1. The highest BCUT2D eigenvalue weighted by Gasteiger charge is 2.40. The monoisotopic (exact) mass is 230 g/mol. The minimum Gasteiger partial charge on any atom is -0.451 e. The van der Waals surface area contributed by atoms with Crippen LogP contribution in [-0.2, 0) is 21.6 Å². The van der Waals surface area contributed by atoms with Crippen LogP contribution in [0.3, 0.4) is 0 Å². The second kappa shape index (κ2) is 4.36. The van der Waals surface area contributed by atoms with E-state index in [1.54, 1.807) is 0 Å². The molecule has 2 heteroatoms. The van der Waals surface area contributed by atoms with E-state index in [-0.39, 0.29) is 5.97 Å². The number of esters is 1. The topological polar surface area (TPSA) is 26.3 Å². The van der Waals surface area contributed by atoms with Crippen LogP contribution in [0, 0.1) is 5.92 Å². The van der Waals surface area contributed by atoms with Gasteiger partial charge in [-0.25, -0.2) is 4.79 Å². The van der Waals surface area contributed by atoms with Crippen LogP contribution in [0.1, 0.15) is 31.4 Å². The van der Waals surface area contributed by atoms with Gasteiger partial charge in [0.25, 0.3) is 0 Å². The van der Waals surface area contributed by atoms with Crippen LogP contribution in [0.4, 0.5) is 0 Å². The van der Waals surface area contributed by atoms with Gasteiger partial charge in [-0.2, -0.15) is 0 Å². The summed E-state index contributed by atoms with van der Waals surface area (Å²) in [7, 11) is 0. The lowest BCUT2D eigenvalue weighted by molar-refractivity contribution is -0.159. The van der Waals surface area contributed by atoms with Gasteiger partial charge in [0, 0.05) is 12.0 Å². The molecule has 1 aromatic rings. The Morgan fingerprint density at radius 3 is 2.94 bits per heavy atom. The summed E-state index contributed by atoms with van der Waals surface area (Å²) in [6, 6.07) is 8.20. The van der Waals surface area contributed by atoms with Crippen LogP contribution in [0.5, 0.6) is 0 Å². The van der Waals surface area contributed by atoms with Crippen molar-refractivity contribution in [1.82, 2.24) is 0 Å². The van der Waals surface area contributed by atoms with Crippen molar-refractivity contribution in [3.8, 4) is 0 Å². The zero-order valence-electron chi connectivity index (χ0n) is 10.4. The maximum Gasteiger partial charge on any atom is 0.331 e. The third kappa shape index (κ3) is 1.99. The van der Waals surface area contributed by atoms with E-state index < -0.39 is 5.60 Å². The first kappa shape index (κ1) is 11.9. The molecule has 0 aromatic heterocycles. The molecule has 2 rings (SSSR count). The van der Waals surface area contributed by atoms with E-state index in [1.807, 2.05) is 19.1 Å². The lowest BCUT2D eigenvalue weighted by atomic mass is 9.73. The summed E-state index contributed by atoms with van der Waals surface area (Å²) in [6.45, 7) is 7.59. The highest BCUT2D eigenvalue weighted by molar-refractivity contribution is 5.81. The van der Waals surface area contributed by atoms with Gasteiger partial charge < -0.3 is 4.74 Å². The molecule has 0 heterocycles. The quantitative estimate of drug-likeness (QED) is 0.576. The van der Waals surface area contributed by atoms with E-state index in [9.17, 15) is 4.79 Å². The van der Waals surface area contributed by atoms with Gasteiger partial charge >= 0.3 is 5.97 Å². The van der Waals surface area contributed by atoms with Crippen molar-refractivity contribution >= 4 is 5.97 Å². The van der Waals surface area contributed by atoms with E-state index >= 15 is 0 Å². The number of rotatable bonds is 2. The van der Waals surface area contributed by atoms with Gasteiger partial charge in [0.05, 0.1) is 0 Å². The Bertz CT molecular complexity index is 450. The number of hydrogen-bond donors (Lipinski definition) is 0. The zero-order chi connectivity index (χ0) is 12.5. The van der Waals surface area contributed by atoms with Crippen LogP contribution in [-0.4, -0.2) is 5.97 Å². The van der Waals surface area contributed by atoms with Crippen molar-refractivity contribution < 1.29 is 9.53 Å². The van der Waals surface area contributed by atoms with E-state index in [0.29, 0.717) is 5.92 Å². The van der Waals surface area contributed by atoms with Gasteiger partial charge in [0.15, 0.2) is 0 Å². The van der Waals surface area contributed by atoms with Crippen molar-refractivity contribution in [3.05, 3.63) is 48.0 Å².